The second-order valence-electron chi connectivity index (χ2n) is 4.36. The molecule has 0 saturated heterocycles. The molecule has 0 fully saturated rings. The molecule has 4 nitrogen and oxygen atoms in total. The van der Waals surface area contributed by atoms with E-state index in [1.807, 2.05) is 0 Å². The predicted molar refractivity (Wildman–Crippen MR) is 70.9 cm³/mol. The molecule has 96 valence electrons. The lowest BCUT2D eigenvalue weighted by Gasteiger charge is -2.12. The number of rotatable bonds is 6. The summed E-state index contributed by atoms with van der Waals surface area (Å²) in [4.78, 5) is 0.345. The smallest absolute Gasteiger partial charge is 0.175 e. The van der Waals surface area contributed by atoms with Crippen molar-refractivity contribution in [2.75, 3.05) is 24.7 Å². The fraction of sp³-hybridized carbons (Fsp3) is 0.500. The van der Waals surface area contributed by atoms with Crippen LogP contribution in [0.2, 0.25) is 0 Å². The number of nitrogens with one attached hydrogen (secondary N) is 1. The molecule has 1 unspecified atom stereocenters. The standard InChI is InChI=1S/C12H20N2O2S/c1-10(7-8-13)9-14-11-3-5-12(6-4-11)17(2,15)16/h3-6,10,14H,7-9,13H2,1-2H3. The Balaban J connectivity index is 2.57. The molecule has 0 bridgehead atoms. The van der Waals surface area contributed by atoms with Gasteiger partial charge in [0.05, 0.1) is 4.90 Å². The molecule has 1 aromatic carbocycles. The fourth-order valence-corrected chi connectivity index (χ4v) is 2.13. The van der Waals surface area contributed by atoms with Gasteiger partial charge >= 0.3 is 0 Å². The maximum absolute atomic E-state index is 11.3. The molecule has 1 rings (SSSR count). The summed E-state index contributed by atoms with van der Waals surface area (Å²) < 4.78 is 22.5. The first-order valence-corrected chi connectivity index (χ1v) is 7.56. The van der Waals surface area contributed by atoms with Gasteiger partial charge in [-0.1, -0.05) is 6.92 Å². The average Bonchev–Trinajstić information content (AvgIpc) is 2.26. The van der Waals surface area contributed by atoms with Gasteiger partial charge < -0.3 is 11.1 Å². The first-order valence-electron chi connectivity index (χ1n) is 5.67. The number of hydrogen-bond donors (Lipinski definition) is 2. The van der Waals surface area contributed by atoms with Gasteiger partial charge in [-0.3, -0.25) is 0 Å². The minimum Gasteiger partial charge on any atom is -0.385 e. The van der Waals surface area contributed by atoms with E-state index in [0.717, 1.165) is 18.7 Å². The average molecular weight is 256 g/mol. The Morgan fingerprint density at radius 2 is 1.88 bits per heavy atom. The molecule has 0 spiro atoms. The molecule has 0 aliphatic rings. The molecule has 0 radical (unpaired) electrons. The zero-order valence-corrected chi connectivity index (χ0v) is 11.1. The van der Waals surface area contributed by atoms with Crippen LogP contribution in [0.15, 0.2) is 29.2 Å². The van der Waals surface area contributed by atoms with Crippen molar-refractivity contribution in [1.82, 2.24) is 0 Å². The summed E-state index contributed by atoms with van der Waals surface area (Å²) in [6.45, 7) is 3.66. The topological polar surface area (TPSA) is 72.2 Å². The van der Waals surface area contributed by atoms with E-state index in [9.17, 15) is 8.42 Å². The van der Waals surface area contributed by atoms with Gasteiger partial charge in [0.1, 0.15) is 0 Å². The highest BCUT2D eigenvalue weighted by atomic mass is 32.2. The minimum atomic E-state index is -3.10. The van der Waals surface area contributed by atoms with Crippen LogP contribution in [0.5, 0.6) is 0 Å². The molecule has 0 aliphatic heterocycles. The van der Waals surface area contributed by atoms with Gasteiger partial charge in [0.2, 0.25) is 0 Å². The number of nitrogens with two attached hydrogens (primary N) is 1. The molecule has 3 N–H and O–H groups in total. The molecule has 1 aromatic rings. The maximum Gasteiger partial charge on any atom is 0.175 e. The summed E-state index contributed by atoms with van der Waals surface area (Å²) in [5, 5.41) is 3.26. The van der Waals surface area contributed by atoms with Crippen LogP contribution in [0.1, 0.15) is 13.3 Å². The number of hydrogen-bond acceptors (Lipinski definition) is 4. The van der Waals surface area contributed by atoms with Crippen molar-refractivity contribution < 1.29 is 8.42 Å². The van der Waals surface area contributed by atoms with Crippen LogP contribution in [0.4, 0.5) is 5.69 Å². The van der Waals surface area contributed by atoms with Gasteiger partial charge in [0.15, 0.2) is 9.84 Å². The summed E-state index contributed by atoms with van der Waals surface area (Å²) in [7, 11) is -3.10. The number of benzene rings is 1. The maximum atomic E-state index is 11.3. The van der Waals surface area contributed by atoms with Crippen LogP contribution < -0.4 is 11.1 Å². The zero-order chi connectivity index (χ0) is 12.9. The van der Waals surface area contributed by atoms with Crippen molar-refractivity contribution in [2.24, 2.45) is 11.7 Å². The largest absolute Gasteiger partial charge is 0.385 e. The van der Waals surface area contributed by atoms with Gasteiger partial charge in [-0.2, -0.15) is 0 Å². The van der Waals surface area contributed by atoms with Crippen molar-refractivity contribution in [2.45, 2.75) is 18.2 Å². The van der Waals surface area contributed by atoms with Gasteiger partial charge in [0.25, 0.3) is 0 Å². The van der Waals surface area contributed by atoms with Crippen molar-refractivity contribution in [3.05, 3.63) is 24.3 Å². The molecular weight excluding hydrogens is 236 g/mol. The Morgan fingerprint density at radius 1 is 1.29 bits per heavy atom. The molecular formula is C12H20N2O2S. The van der Waals surface area contributed by atoms with E-state index >= 15 is 0 Å². The van der Waals surface area contributed by atoms with Gasteiger partial charge in [-0.25, -0.2) is 8.42 Å². The first kappa shape index (κ1) is 14.0. The van der Waals surface area contributed by atoms with Crippen molar-refractivity contribution >= 4 is 15.5 Å². The summed E-state index contributed by atoms with van der Waals surface area (Å²) in [5.74, 6) is 0.509. The molecule has 1 atom stereocenters. The predicted octanol–water partition coefficient (Wildman–Crippen LogP) is 1.49. The van der Waals surface area contributed by atoms with Gasteiger partial charge in [0, 0.05) is 18.5 Å². The minimum absolute atomic E-state index is 0.345. The van der Waals surface area contributed by atoms with Gasteiger partial charge in [-0.05, 0) is 43.1 Å². The third-order valence-corrected chi connectivity index (χ3v) is 3.73. The van der Waals surface area contributed by atoms with Crippen LogP contribution in [0, 0.1) is 5.92 Å². The highest BCUT2D eigenvalue weighted by Crippen LogP contribution is 2.14. The first-order chi connectivity index (χ1) is 7.93. The second kappa shape index (κ2) is 6.02. The van der Waals surface area contributed by atoms with Crippen LogP contribution in [-0.2, 0) is 9.84 Å². The summed E-state index contributed by atoms with van der Waals surface area (Å²) in [5.41, 5.74) is 6.40. The molecule has 17 heavy (non-hydrogen) atoms. The lowest BCUT2D eigenvalue weighted by Crippen LogP contribution is -2.15. The van der Waals surface area contributed by atoms with Crippen molar-refractivity contribution in [1.29, 1.82) is 0 Å². The lowest BCUT2D eigenvalue weighted by molar-refractivity contribution is 0.568. The fourth-order valence-electron chi connectivity index (χ4n) is 1.50. The Morgan fingerprint density at radius 3 is 2.35 bits per heavy atom. The van der Waals surface area contributed by atoms with Crippen LogP contribution in [0.25, 0.3) is 0 Å². The van der Waals surface area contributed by atoms with Gasteiger partial charge in [-0.15, -0.1) is 0 Å². The second-order valence-corrected chi connectivity index (χ2v) is 6.38. The molecule has 5 heteroatoms. The third kappa shape index (κ3) is 4.75. The van der Waals surface area contributed by atoms with E-state index in [1.165, 1.54) is 6.26 Å². The normalized spacial score (nSPS) is 13.4. The molecule has 0 aromatic heterocycles. The summed E-state index contributed by atoms with van der Waals surface area (Å²) in [6, 6.07) is 6.80. The third-order valence-electron chi connectivity index (χ3n) is 2.60. The summed E-state index contributed by atoms with van der Waals surface area (Å²) >= 11 is 0. The quantitative estimate of drug-likeness (QED) is 0.809. The number of sulfone groups is 1. The van der Waals surface area contributed by atoms with E-state index in [4.69, 9.17) is 5.73 Å². The van der Waals surface area contributed by atoms with E-state index < -0.39 is 9.84 Å². The Hall–Kier alpha value is -1.07. The zero-order valence-electron chi connectivity index (χ0n) is 10.3. The summed E-state index contributed by atoms with van der Waals surface area (Å²) in [6.07, 6.45) is 2.19. The van der Waals surface area contributed by atoms with E-state index in [0.29, 0.717) is 17.4 Å². The van der Waals surface area contributed by atoms with Crippen molar-refractivity contribution in [3.63, 3.8) is 0 Å². The van der Waals surface area contributed by atoms with Crippen LogP contribution in [0.3, 0.4) is 0 Å². The van der Waals surface area contributed by atoms with E-state index in [1.54, 1.807) is 24.3 Å². The monoisotopic (exact) mass is 256 g/mol. The lowest BCUT2D eigenvalue weighted by atomic mass is 10.1. The van der Waals surface area contributed by atoms with E-state index in [-0.39, 0.29) is 0 Å². The van der Waals surface area contributed by atoms with Crippen LogP contribution >= 0.6 is 0 Å². The highest BCUT2D eigenvalue weighted by molar-refractivity contribution is 7.90. The van der Waals surface area contributed by atoms with E-state index in [2.05, 4.69) is 12.2 Å². The number of anilines is 1. The Labute approximate surface area is 103 Å². The molecule has 0 amide bonds. The van der Waals surface area contributed by atoms with Crippen molar-refractivity contribution in [3.8, 4) is 0 Å². The highest BCUT2D eigenvalue weighted by Gasteiger charge is 2.06. The molecule has 0 saturated carbocycles. The SMILES string of the molecule is CC(CCN)CNc1ccc(S(C)(=O)=O)cc1. The Bertz CT molecular complexity index is 440. The Kier molecular flexibility index (Phi) is 4.96. The molecule has 0 aliphatic carbocycles. The van der Waals surface area contributed by atoms with Crippen LogP contribution in [-0.4, -0.2) is 27.8 Å². The molecule has 0 heterocycles.